The predicted molar refractivity (Wildman–Crippen MR) is 95.6 cm³/mol. The summed E-state index contributed by atoms with van der Waals surface area (Å²) in [6.07, 6.45) is 3.05. The Morgan fingerprint density at radius 2 is 1.96 bits per heavy atom. The van der Waals surface area contributed by atoms with Gasteiger partial charge in [-0.2, -0.15) is 0 Å². The van der Waals surface area contributed by atoms with Crippen LogP contribution in [0.3, 0.4) is 0 Å². The second kappa shape index (κ2) is 9.23. The number of piperazine rings is 1. The largest absolute Gasteiger partial charge is 0.360 e. The van der Waals surface area contributed by atoms with Gasteiger partial charge in [-0.1, -0.05) is 0 Å². The molecule has 128 valence electrons. The first-order valence-corrected chi connectivity index (χ1v) is 7.47. The van der Waals surface area contributed by atoms with E-state index < -0.39 is 0 Å². The fourth-order valence-corrected chi connectivity index (χ4v) is 2.86. The monoisotopic (exact) mass is 361 g/mol. The number of ketones is 1. The number of carbonyl (C=O) groups is 1. The van der Waals surface area contributed by atoms with Crippen molar-refractivity contribution in [3.8, 4) is 0 Å². The number of carbonyl (C=O) groups excluding carboxylic acids is 1. The minimum atomic E-state index is -0.308. The van der Waals surface area contributed by atoms with Gasteiger partial charge in [0.1, 0.15) is 5.82 Å². The number of Topliss-reactive ketones (excluding diaryl/α,β-unsaturated/α-hetero) is 1. The van der Waals surface area contributed by atoms with E-state index in [2.05, 4.69) is 15.2 Å². The molecular weight excluding hydrogens is 340 g/mol. The minimum absolute atomic E-state index is 0. The topological polar surface area (TPSA) is 48.1 Å². The third-order valence-corrected chi connectivity index (χ3v) is 4.03. The zero-order chi connectivity index (χ0) is 14.7. The van der Waals surface area contributed by atoms with Crippen molar-refractivity contribution in [1.29, 1.82) is 0 Å². The number of nitrogens with zero attached hydrogens (tertiary/aromatic N) is 1. The molecule has 23 heavy (non-hydrogen) atoms. The lowest BCUT2D eigenvalue weighted by Crippen LogP contribution is -2.43. The van der Waals surface area contributed by atoms with Crippen molar-refractivity contribution in [2.75, 3.05) is 32.7 Å². The number of H-pyrrole nitrogens is 1. The number of halogens is 3. The summed E-state index contributed by atoms with van der Waals surface area (Å²) in [5, 5.41) is 4.00. The fourth-order valence-electron chi connectivity index (χ4n) is 2.86. The van der Waals surface area contributed by atoms with Gasteiger partial charge in [0.25, 0.3) is 0 Å². The highest BCUT2D eigenvalue weighted by Crippen LogP contribution is 2.21. The zero-order valence-electron chi connectivity index (χ0n) is 12.8. The van der Waals surface area contributed by atoms with Crippen LogP contribution >= 0.6 is 24.8 Å². The van der Waals surface area contributed by atoms with Crippen LogP contribution in [0.4, 0.5) is 4.39 Å². The standard InChI is InChI=1S/C16H20FN3O.2ClH/c17-12-3-4-15-13(10-12)14(11-19-15)16(21)2-1-7-20-8-5-18-6-9-20;;/h3-4,10-11,18-19H,1-2,5-9H2;2*1H. The van der Waals surface area contributed by atoms with E-state index in [0.29, 0.717) is 17.4 Å². The number of rotatable bonds is 5. The van der Waals surface area contributed by atoms with Crippen molar-refractivity contribution < 1.29 is 9.18 Å². The van der Waals surface area contributed by atoms with Crippen molar-refractivity contribution in [3.63, 3.8) is 0 Å². The molecule has 0 saturated carbocycles. The number of benzene rings is 1. The van der Waals surface area contributed by atoms with Gasteiger partial charge in [-0.05, 0) is 31.2 Å². The Labute approximate surface area is 147 Å². The highest BCUT2D eigenvalue weighted by molar-refractivity contribution is 6.07. The van der Waals surface area contributed by atoms with Gasteiger partial charge in [0.05, 0.1) is 0 Å². The zero-order valence-corrected chi connectivity index (χ0v) is 14.4. The Morgan fingerprint density at radius 3 is 2.70 bits per heavy atom. The van der Waals surface area contributed by atoms with Crippen molar-refractivity contribution in [3.05, 3.63) is 35.8 Å². The van der Waals surface area contributed by atoms with Crippen LogP contribution in [-0.2, 0) is 0 Å². The predicted octanol–water partition coefficient (Wildman–Crippen LogP) is 3.02. The number of hydrogen-bond acceptors (Lipinski definition) is 3. The van der Waals surface area contributed by atoms with E-state index in [4.69, 9.17) is 0 Å². The summed E-state index contributed by atoms with van der Waals surface area (Å²) in [7, 11) is 0. The molecule has 1 aromatic carbocycles. The summed E-state index contributed by atoms with van der Waals surface area (Å²) < 4.78 is 13.3. The highest BCUT2D eigenvalue weighted by atomic mass is 35.5. The second-order valence-electron chi connectivity index (χ2n) is 5.51. The summed E-state index contributed by atoms with van der Waals surface area (Å²) in [5.41, 5.74) is 1.41. The molecule has 0 unspecified atom stereocenters. The molecule has 2 N–H and O–H groups in total. The quantitative estimate of drug-likeness (QED) is 0.804. The molecule has 0 spiro atoms. The van der Waals surface area contributed by atoms with Gasteiger partial charge >= 0.3 is 0 Å². The first-order valence-electron chi connectivity index (χ1n) is 7.47. The van der Waals surface area contributed by atoms with E-state index in [-0.39, 0.29) is 36.4 Å². The number of aromatic amines is 1. The van der Waals surface area contributed by atoms with E-state index in [9.17, 15) is 9.18 Å². The maximum absolute atomic E-state index is 13.3. The van der Waals surface area contributed by atoms with E-state index in [1.807, 2.05) is 0 Å². The van der Waals surface area contributed by atoms with Gasteiger partial charge in [-0.15, -0.1) is 24.8 Å². The van der Waals surface area contributed by atoms with Gasteiger partial charge in [-0.3, -0.25) is 4.79 Å². The molecule has 3 rings (SSSR count). The normalized spacial score (nSPS) is 15.0. The Balaban J connectivity index is 0.00000132. The molecule has 0 radical (unpaired) electrons. The van der Waals surface area contributed by atoms with Crippen LogP contribution < -0.4 is 5.32 Å². The van der Waals surface area contributed by atoms with Crippen molar-refractivity contribution >= 4 is 41.5 Å². The third-order valence-electron chi connectivity index (χ3n) is 4.03. The lowest BCUT2D eigenvalue weighted by atomic mass is 10.1. The van der Waals surface area contributed by atoms with Crippen LogP contribution in [0.25, 0.3) is 10.9 Å². The minimum Gasteiger partial charge on any atom is -0.360 e. The Hall–Kier alpha value is -1.14. The molecule has 0 aliphatic carbocycles. The molecule has 0 atom stereocenters. The van der Waals surface area contributed by atoms with Crippen LogP contribution in [0.5, 0.6) is 0 Å². The van der Waals surface area contributed by atoms with Crippen LogP contribution in [0, 0.1) is 5.82 Å². The van der Waals surface area contributed by atoms with Gasteiger partial charge in [0.2, 0.25) is 0 Å². The second-order valence-corrected chi connectivity index (χ2v) is 5.51. The van der Waals surface area contributed by atoms with E-state index in [1.54, 1.807) is 12.3 Å². The molecule has 1 saturated heterocycles. The first kappa shape index (κ1) is 19.9. The van der Waals surface area contributed by atoms with Gasteiger partial charge in [-0.25, -0.2) is 4.39 Å². The number of aromatic nitrogens is 1. The smallest absolute Gasteiger partial charge is 0.165 e. The first-order chi connectivity index (χ1) is 10.2. The summed E-state index contributed by atoms with van der Waals surface area (Å²) in [4.78, 5) is 17.7. The molecular formula is C16H22Cl2FN3O. The Bertz CT molecular complexity index is 641. The molecule has 2 heterocycles. The SMILES string of the molecule is Cl.Cl.O=C(CCCN1CCNCC1)c1c[nH]c2ccc(F)cc12. The molecule has 0 amide bonds. The van der Waals surface area contributed by atoms with Crippen LogP contribution in [0.2, 0.25) is 0 Å². The molecule has 7 heteroatoms. The Morgan fingerprint density at radius 1 is 1.22 bits per heavy atom. The summed E-state index contributed by atoms with van der Waals surface area (Å²) in [6, 6.07) is 4.50. The highest BCUT2D eigenvalue weighted by Gasteiger charge is 2.14. The summed E-state index contributed by atoms with van der Waals surface area (Å²) in [5.74, 6) is -0.223. The molecule has 0 bridgehead atoms. The molecule has 1 fully saturated rings. The van der Waals surface area contributed by atoms with Gasteiger partial charge < -0.3 is 15.2 Å². The van der Waals surface area contributed by atoms with Crippen LogP contribution in [0.15, 0.2) is 24.4 Å². The van der Waals surface area contributed by atoms with E-state index in [1.165, 1.54) is 12.1 Å². The van der Waals surface area contributed by atoms with Crippen LogP contribution in [0.1, 0.15) is 23.2 Å². The third kappa shape index (κ3) is 4.91. The van der Waals surface area contributed by atoms with Crippen molar-refractivity contribution in [2.24, 2.45) is 0 Å². The average molecular weight is 362 g/mol. The van der Waals surface area contributed by atoms with Gasteiger partial charge in [0.15, 0.2) is 5.78 Å². The van der Waals surface area contributed by atoms with Gasteiger partial charge in [0, 0.05) is 55.3 Å². The number of fused-ring (bicyclic) bond motifs is 1. The van der Waals surface area contributed by atoms with E-state index >= 15 is 0 Å². The lowest BCUT2D eigenvalue weighted by molar-refractivity contribution is 0.0975. The number of nitrogens with one attached hydrogen (secondary N) is 2. The molecule has 1 aliphatic rings. The fraction of sp³-hybridized carbons (Fsp3) is 0.438. The maximum Gasteiger partial charge on any atom is 0.165 e. The van der Waals surface area contributed by atoms with Crippen LogP contribution in [-0.4, -0.2) is 48.4 Å². The average Bonchev–Trinajstić information content (AvgIpc) is 2.91. The van der Waals surface area contributed by atoms with Crippen molar-refractivity contribution in [1.82, 2.24) is 15.2 Å². The molecule has 1 aromatic heterocycles. The lowest BCUT2D eigenvalue weighted by Gasteiger charge is -2.26. The summed E-state index contributed by atoms with van der Waals surface area (Å²) in [6.45, 7) is 5.09. The Kier molecular flexibility index (Phi) is 7.99. The summed E-state index contributed by atoms with van der Waals surface area (Å²) >= 11 is 0. The van der Waals surface area contributed by atoms with E-state index in [0.717, 1.165) is 44.7 Å². The molecule has 1 aliphatic heterocycles. The maximum atomic E-state index is 13.3. The van der Waals surface area contributed by atoms with Crippen molar-refractivity contribution in [2.45, 2.75) is 12.8 Å². The molecule has 4 nitrogen and oxygen atoms in total. The molecule has 2 aromatic rings. The number of hydrogen-bond donors (Lipinski definition) is 2.